The smallest absolute Gasteiger partial charge is 0.278 e. The normalized spacial score (nSPS) is 14.5. The topological polar surface area (TPSA) is 58.4 Å². The Morgan fingerprint density at radius 1 is 1.11 bits per heavy atom. The van der Waals surface area contributed by atoms with Gasteiger partial charge in [0, 0.05) is 38.2 Å². The van der Waals surface area contributed by atoms with E-state index in [0.29, 0.717) is 47.8 Å². The number of piperazine rings is 1. The number of amides is 1. The molecule has 0 radical (unpaired) electrons. The molecule has 0 saturated carbocycles. The second-order valence-electron chi connectivity index (χ2n) is 6.69. The Balaban J connectivity index is 1.59. The second-order valence-corrected chi connectivity index (χ2v) is 7.13. The molecule has 1 saturated heterocycles. The molecule has 2 heterocycles. The number of aryl methyl sites for hydroxylation is 1. The zero-order chi connectivity index (χ0) is 19.8. The van der Waals surface area contributed by atoms with E-state index in [0.717, 1.165) is 0 Å². The van der Waals surface area contributed by atoms with Gasteiger partial charge in [0.05, 0.1) is 16.6 Å². The van der Waals surface area contributed by atoms with E-state index in [4.69, 9.17) is 11.6 Å². The zero-order valence-electron chi connectivity index (χ0n) is 15.2. The van der Waals surface area contributed by atoms with Crippen molar-refractivity contribution < 1.29 is 9.18 Å². The van der Waals surface area contributed by atoms with Crippen molar-refractivity contribution in [3.63, 3.8) is 0 Å². The first-order chi connectivity index (χ1) is 13.5. The number of hydrogen-bond acceptors (Lipinski definition) is 4. The Labute approximate surface area is 165 Å². The number of nitrogens with zero attached hydrogens (tertiary/aromatic N) is 4. The lowest BCUT2D eigenvalue weighted by atomic mass is 10.1. The summed E-state index contributed by atoms with van der Waals surface area (Å²) in [5.41, 5.74) is 0.563. The Kier molecular flexibility index (Phi) is 4.77. The van der Waals surface area contributed by atoms with Gasteiger partial charge in [-0.15, -0.1) is 0 Å². The largest absolute Gasteiger partial charge is 0.366 e. The van der Waals surface area contributed by atoms with E-state index in [1.807, 2.05) is 4.90 Å². The summed E-state index contributed by atoms with van der Waals surface area (Å²) in [5.74, 6) is -0.708. The molecule has 3 aromatic rings. The number of anilines is 1. The summed E-state index contributed by atoms with van der Waals surface area (Å²) < 4.78 is 15.5. The van der Waals surface area contributed by atoms with Crippen LogP contribution in [-0.4, -0.2) is 46.8 Å². The van der Waals surface area contributed by atoms with Crippen molar-refractivity contribution in [3.05, 3.63) is 69.2 Å². The van der Waals surface area contributed by atoms with Gasteiger partial charge in [-0.1, -0.05) is 23.7 Å². The van der Waals surface area contributed by atoms with Crippen LogP contribution in [-0.2, 0) is 7.05 Å². The Morgan fingerprint density at radius 3 is 2.54 bits per heavy atom. The van der Waals surface area contributed by atoms with Gasteiger partial charge < -0.3 is 9.80 Å². The van der Waals surface area contributed by atoms with E-state index in [9.17, 15) is 14.0 Å². The fourth-order valence-electron chi connectivity index (χ4n) is 3.50. The maximum Gasteiger partial charge on any atom is 0.278 e. The Morgan fingerprint density at radius 2 is 1.82 bits per heavy atom. The molecule has 144 valence electrons. The minimum atomic E-state index is -0.433. The van der Waals surface area contributed by atoms with Gasteiger partial charge in [-0.3, -0.25) is 14.3 Å². The molecule has 1 aromatic heterocycles. The van der Waals surface area contributed by atoms with Gasteiger partial charge in [-0.25, -0.2) is 4.39 Å². The molecule has 0 N–H and O–H groups in total. The summed E-state index contributed by atoms with van der Waals surface area (Å²) in [6.07, 6.45) is 0. The first-order valence-corrected chi connectivity index (χ1v) is 9.29. The van der Waals surface area contributed by atoms with Crippen molar-refractivity contribution in [1.29, 1.82) is 0 Å². The average molecular weight is 401 g/mol. The van der Waals surface area contributed by atoms with Crippen LogP contribution in [0.1, 0.15) is 10.5 Å². The third kappa shape index (κ3) is 3.22. The molecule has 28 heavy (non-hydrogen) atoms. The number of rotatable bonds is 2. The average Bonchev–Trinajstić information content (AvgIpc) is 2.70. The minimum absolute atomic E-state index is 0.128. The summed E-state index contributed by atoms with van der Waals surface area (Å²) >= 11 is 6.01. The van der Waals surface area contributed by atoms with Gasteiger partial charge in [0.2, 0.25) is 5.43 Å². The van der Waals surface area contributed by atoms with Gasteiger partial charge in [0.25, 0.3) is 5.91 Å². The molecule has 4 rings (SSSR count). The van der Waals surface area contributed by atoms with E-state index >= 15 is 0 Å². The molecule has 0 bridgehead atoms. The van der Waals surface area contributed by atoms with Gasteiger partial charge >= 0.3 is 0 Å². The molecule has 6 nitrogen and oxygen atoms in total. The third-order valence-corrected chi connectivity index (χ3v) is 5.21. The number of para-hydroxylation sites is 1. The highest BCUT2D eigenvalue weighted by atomic mass is 35.5. The van der Waals surface area contributed by atoms with E-state index in [-0.39, 0.29) is 11.5 Å². The summed E-state index contributed by atoms with van der Waals surface area (Å²) in [4.78, 5) is 29.2. The minimum Gasteiger partial charge on any atom is -0.366 e. The lowest BCUT2D eigenvalue weighted by Gasteiger charge is -2.36. The van der Waals surface area contributed by atoms with E-state index in [1.165, 1.54) is 10.7 Å². The highest BCUT2D eigenvalue weighted by Gasteiger charge is 2.27. The standard InChI is InChI=1S/C20H18ClFN4O2/c1-24-16-7-6-13(21)12-14(16)19(27)18(23-24)20(28)26-10-8-25(9-11-26)17-5-3-2-4-15(17)22/h2-7,12H,8-11H2,1H3. The molecule has 0 atom stereocenters. The zero-order valence-corrected chi connectivity index (χ0v) is 16.0. The highest BCUT2D eigenvalue weighted by molar-refractivity contribution is 6.31. The number of carbonyl (C=O) groups excluding carboxylic acids is 1. The Bertz CT molecular complexity index is 1120. The number of halogens is 2. The number of hydrogen-bond donors (Lipinski definition) is 0. The highest BCUT2D eigenvalue weighted by Crippen LogP contribution is 2.21. The molecule has 2 aromatic carbocycles. The van der Waals surface area contributed by atoms with Crippen LogP contribution in [0.3, 0.4) is 0 Å². The fraction of sp³-hybridized carbons (Fsp3) is 0.250. The molecule has 0 unspecified atom stereocenters. The van der Waals surface area contributed by atoms with Crippen molar-refractivity contribution in [2.75, 3.05) is 31.1 Å². The SMILES string of the molecule is Cn1nc(C(=O)N2CCN(c3ccccc3F)CC2)c(=O)c2cc(Cl)ccc21. The predicted molar refractivity (Wildman–Crippen MR) is 107 cm³/mol. The van der Waals surface area contributed by atoms with Gasteiger partial charge in [0.1, 0.15) is 5.82 Å². The van der Waals surface area contributed by atoms with Crippen molar-refractivity contribution in [2.45, 2.75) is 0 Å². The van der Waals surface area contributed by atoms with Crippen LogP contribution in [0.5, 0.6) is 0 Å². The van der Waals surface area contributed by atoms with Crippen LogP contribution in [0.2, 0.25) is 5.02 Å². The first-order valence-electron chi connectivity index (χ1n) is 8.91. The molecule has 1 aliphatic heterocycles. The molecule has 0 aliphatic carbocycles. The molecule has 0 spiro atoms. The predicted octanol–water partition coefficient (Wildman–Crippen LogP) is 2.69. The number of carbonyl (C=O) groups is 1. The van der Waals surface area contributed by atoms with E-state index < -0.39 is 11.3 Å². The quantitative estimate of drug-likeness (QED) is 0.663. The monoisotopic (exact) mass is 400 g/mol. The van der Waals surface area contributed by atoms with E-state index in [1.54, 1.807) is 48.3 Å². The summed E-state index contributed by atoms with van der Waals surface area (Å²) in [6, 6.07) is 11.5. The second kappa shape index (κ2) is 7.24. The lowest BCUT2D eigenvalue weighted by molar-refractivity contribution is 0.0737. The van der Waals surface area contributed by atoms with Gasteiger partial charge in [-0.05, 0) is 30.3 Å². The molecule has 8 heteroatoms. The summed E-state index contributed by atoms with van der Waals surface area (Å²) in [6.45, 7) is 1.72. The molecule has 1 aliphatic rings. The summed E-state index contributed by atoms with van der Waals surface area (Å²) in [5, 5.41) is 4.98. The maximum absolute atomic E-state index is 14.0. The van der Waals surface area contributed by atoms with Crippen LogP contribution < -0.4 is 10.3 Å². The molecule has 1 fully saturated rings. The third-order valence-electron chi connectivity index (χ3n) is 4.98. The number of aromatic nitrogens is 2. The molecular weight excluding hydrogens is 383 g/mol. The van der Waals surface area contributed by atoms with Crippen molar-refractivity contribution in [2.24, 2.45) is 7.05 Å². The number of fused-ring (bicyclic) bond motifs is 1. The number of benzene rings is 2. The Hall–Kier alpha value is -2.93. The van der Waals surface area contributed by atoms with Crippen LogP contribution in [0.4, 0.5) is 10.1 Å². The fourth-order valence-corrected chi connectivity index (χ4v) is 3.67. The maximum atomic E-state index is 14.0. The van der Waals surface area contributed by atoms with Crippen LogP contribution in [0.25, 0.3) is 10.9 Å². The van der Waals surface area contributed by atoms with Gasteiger partial charge in [-0.2, -0.15) is 5.10 Å². The van der Waals surface area contributed by atoms with E-state index in [2.05, 4.69) is 5.10 Å². The van der Waals surface area contributed by atoms with Crippen LogP contribution in [0, 0.1) is 5.82 Å². The van der Waals surface area contributed by atoms with Crippen LogP contribution >= 0.6 is 11.6 Å². The lowest BCUT2D eigenvalue weighted by Crippen LogP contribution is -2.50. The van der Waals surface area contributed by atoms with Crippen molar-refractivity contribution in [1.82, 2.24) is 14.7 Å². The summed E-state index contributed by atoms with van der Waals surface area (Å²) in [7, 11) is 1.68. The molecular formula is C20H18ClFN4O2. The van der Waals surface area contributed by atoms with Gasteiger partial charge in [0.15, 0.2) is 5.69 Å². The molecule has 1 amide bonds. The van der Waals surface area contributed by atoms with Crippen LogP contribution in [0.15, 0.2) is 47.3 Å². The first kappa shape index (κ1) is 18.4. The van der Waals surface area contributed by atoms with Crippen molar-refractivity contribution in [3.8, 4) is 0 Å². The van der Waals surface area contributed by atoms with Crippen molar-refractivity contribution >= 4 is 34.1 Å².